The van der Waals surface area contributed by atoms with Gasteiger partial charge in [-0.2, -0.15) is 0 Å². The van der Waals surface area contributed by atoms with E-state index < -0.39 is 11.9 Å². The molecule has 0 spiro atoms. The number of carbonyl (C=O) groups excluding carboxylic acids is 3. The summed E-state index contributed by atoms with van der Waals surface area (Å²) in [6, 6.07) is 0. The first-order valence-electron chi connectivity index (χ1n) is 4.15. The molecule has 0 aromatic heterocycles. The number of rotatable bonds is 5. The first kappa shape index (κ1) is 11.8. The molecule has 0 aromatic rings. The van der Waals surface area contributed by atoms with Crippen LogP contribution in [0.4, 0.5) is 0 Å². The van der Waals surface area contributed by atoms with Gasteiger partial charge in [-0.1, -0.05) is 6.92 Å². The Morgan fingerprint density at radius 2 is 1.77 bits per heavy atom. The van der Waals surface area contributed by atoms with Crippen LogP contribution in [0.25, 0.3) is 0 Å². The van der Waals surface area contributed by atoms with Crippen molar-refractivity contribution in [2.24, 2.45) is 5.92 Å². The van der Waals surface area contributed by atoms with E-state index in [-0.39, 0.29) is 18.0 Å². The molecule has 0 aliphatic carbocycles. The Morgan fingerprint density at radius 3 is 2.15 bits per heavy atom. The van der Waals surface area contributed by atoms with Crippen molar-refractivity contribution >= 4 is 17.5 Å². The molecule has 0 bridgehead atoms. The molecular formula is C9H14O4. The summed E-state index contributed by atoms with van der Waals surface area (Å²) in [4.78, 5) is 32.9. The van der Waals surface area contributed by atoms with Crippen molar-refractivity contribution in [1.82, 2.24) is 0 Å². The fourth-order valence-corrected chi connectivity index (χ4v) is 0.853. The van der Waals surface area contributed by atoms with E-state index in [1.165, 1.54) is 14.0 Å². The number of carbonyl (C=O) groups is 3. The molecule has 1 atom stereocenters. The average molecular weight is 186 g/mol. The van der Waals surface area contributed by atoms with Gasteiger partial charge in [0.25, 0.3) is 0 Å². The summed E-state index contributed by atoms with van der Waals surface area (Å²) in [6.45, 7) is 3.20. The zero-order chi connectivity index (χ0) is 10.4. The Hall–Kier alpha value is -1.19. The smallest absolute Gasteiger partial charge is 0.313 e. The summed E-state index contributed by atoms with van der Waals surface area (Å²) in [6.07, 6.45) is -0.00249. The van der Waals surface area contributed by atoms with Gasteiger partial charge in [0.15, 0.2) is 5.78 Å². The number of esters is 1. The first-order valence-corrected chi connectivity index (χ1v) is 4.15. The van der Waals surface area contributed by atoms with Crippen LogP contribution in [0.3, 0.4) is 0 Å². The molecule has 0 aliphatic rings. The lowest BCUT2D eigenvalue weighted by molar-refractivity contribution is -0.144. The highest BCUT2D eigenvalue weighted by Gasteiger charge is 2.21. The van der Waals surface area contributed by atoms with Crippen molar-refractivity contribution in [3.05, 3.63) is 0 Å². The summed E-state index contributed by atoms with van der Waals surface area (Å²) < 4.78 is 4.31. The van der Waals surface area contributed by atoms with Crippen LogP contribution in [0, 0.1) is 5.92 Å². The Balaban J connectivity index is 4.11. The number of Topliss-reactive ketones (excluding diaryl/α,β-unsaturated/α-hetero) is 2. The molecule has 0 fully saturated rings. The standard InChI is InChI=1S/C9H14O4/c1-4-7(10)6(2)8(11)5-9(12)13-3/h6H,4-5H2,1-3H3. The van der Waals surface area contributed by atoms with Crippen molar-refractivity contribution in [2.45, 2.75) is 26.7 Å². The maximum atomic E-state index is 11.2. The summed E-state index contributed by atoms with van der Waals surface area (Å²) in [5.74, 6) is -1.81. The third-order valence-electron chi connectivity index (χ3n) is 1.86. The highest BCUT2D eigenvalue weighted by Crippen LogP contribution is 2.05. The normalized spacial score (nSPS) is 11.9. The molecule has 13 heavy (non-hydrogen) atoms. The average Bonchev–Trinajstić information content (AvgIpc) is 2.14. The lowest BCUT2D eigenvalue weighted by Crippen LogP contribution is -2.23. The molecule has 0 aromatic carbocycles. The fourth-order valence-electron chi connectivity index (χ4n) is 0.853. The van der Waals surface area contributed by atoms with Gasteiger partial charge in [0.2, 0.25) is 0 Å². The SMILES string of the molecule is CCC(=O)C(C)C(=O)CC(=O)OC. The first-order chi connectivity index (χ1) is 6.02. The molecule has 0 saturated heterocycles. The monoisotopic (exact) mass is 186 g/mol. The van der Waals surface area contributed by atoms with Crippen LogP contribution in [-0.4, -0.2) is 24.6 Å². The lowest BCUT2D eigenvalue weighted by Gasteiger charge is -2.06. The number of ether oxygens (including phenoxy) is 1. The Kier molecular flexibility index (Phi) is 4.96. The summed E-state index contributed by atoms with van der Waals surface area (Å²) >= 11 is 0. The Labute approximate surface area is 77.3 Å². The van der Waals surface area contributed by atoms with Crippen molar-refractivity contribution in [3.8, 4) is 0 Å². The van der Waals surface area contributed by atoms with Crippen LogP contribution < -0.4 is 0 Å². The second-order valence-corrected chi connectivity index (χ2v) is 2.76. The third-order valence-corrected chi connectivity index (χ3v) is 1.86. The van der Waals surface area contributed by atoms with E-state index >= 15 is 0 Å². The van der Waals surface area contributed by atoms with Crippen molar-refractivity contribution in [2.75, 3.05) is 7.11 Å². The molecule has 0 heterocycles. The number of hydrogen-bond acceptors (Lipinski definition) is 4. The van der Waals surface area contributed by atoms with Crippen LogP contribution in [0.15, 0.2) is 0 Å². The van der Waals surface area contributed by atoms with Gasteiger partial charge < -0.3 is 4.74 Å². The molecule has 1 unspecified atom stereocenters. The topological polar surface area (TPSA) is 60.4 Å². The second-order valence-electron chi connectivity index (χ2n) is 2.76. The van der Waals surface area contributed by atoms with E-state index in [1.807, 2.05) is 0 Å². The molecule has 0 saturated carbocycles. The van der Waals surface area contributed by atoms with E-state index in [4.69, 9.17) is 0 Å². The molecule has 0 aliphatic heterocycles. The predicted octanol–water partition coefficient (Wildman–Crippen LogP) is 0.734. The minimum absolute atomic E-state index is 0.145. The molecular weight excluding hydrogens is 172 g/mol. The van der Waals surface area contributed by atoms with E-state index in [0.29, 0.717) is 6.42 Å². The third kappa shape index (κ3) is 3.83. The van der Waals surface area contributed by atoms with Crippen LogP contribution in [-0.2, 0) is 19.1 Å². The molecule has 74 valence electrons. The van der Waals surface area contributed by atoms with Crippen LogP contribution in [0.1, 0.15) is 26.7 Å². The van der Waals surface area contributed by atoms with Gasteiger partial charge in [0.1, 0.15) is 12.2 Å². The van der Waals surface area contributed by atoms with Gasteiger partial charge in [-0.15, -0.1) is 0 Å². The van der Waals surface area contributed by atoms with Gasteiger partial charge >= 0.3 is 5.97 Å². The highest BCUT2D eigenvalue weighted by atomic mass is 16.5. The van der Waals surface area contributed by atoms with E-state index in [2.05, 4.69) is 4.74 Å². The van der Waals surface area contributed by atoms with Crippen LogP contribution in [0.2, 0.25) is 0 Å². The minimum Gasteiger partial charge on any atom is -0.469 e. The van der Waals surface area contributed by atoms with Crippen molar-refractivity contribution < 1.29 is 19.1 Å². The van der Waals surface area contributed by atoms with Gasteiger partial charge in [-0.3, -0.25) is 14.4 Å². The fraction of sp³-hybridized carbons (Fsp3) is 0.667. The zero-order valence-electron chi connectivity index (χ0n) is 8.12. The maximum absolute atomic E-state index is 11.2. The second kappa shape index (κ2) is 5.45. The van der Waals surface area contributed by atoms with Gasteiger partial charge in [-0.25, -0.2) is 0 Å². The highest BCUT2D eigenvalue weighted by molar-refractivity contribution is 6.07. The largest absolute Gasteiger partial charge is 0.469 e. The minimum atomic E-state index is -0.691. The van der Waals surface area contributed by atoms with Crippen molar-refractivity contribution in [1.29, 1.82) is 0 Å². The molecule has 0 N–H and O–H groups in total. The van der Waals surface area contributed by atoms with Gasteiger partial charge in [-0.05, 0) is 6.92 Å². The molecule has 0 radical (unpaired) electrons. The summed E-state index contributed by atoms with van der Waals surface area (Å²) in [5, 5.41) is 0. The molecule has 0 rings (SSSR count). The number of ketones is 2. The van der Waals surface area contributed by atoms with Gasteiger partial charge in [0, 0.05) is 6.42 Å². The molecule has 0 amide bonds. The summed E-state index contributed by atoms with van der Waals surface area (Å²) in [5.41, 5.74) is 0. The lowest BCUT2D eigenvalue weighted by atomic mass is 9.97. The van der Waals surface area contributed by atoms with Gasteiger partial charge in [0.05, 0.1) is 13.0 Å². The Bertz CT molecular complexity index is 220. The Morgan fingerprint density at radius 1 is 1.23 bits per heavy atom. The summed E-state index contributed by atoms with van der Waals surface area (Å²) in [7, 11) is 1.21. The predicted molar refractivity (Wildman–Crippen MR) is 46.1 cm³/mol. The number of methoxy groups -OCH3 is 1. The van der Waals surface area contributed by atoms with E-state index in [1.54, 1.807) is 6.92 Å². The maximum Gasteiger partial charge on any atom is 0.313 e. The van der Waals surface area contributed by atoms with Crippen LogP contribution in [0.5, 0.6) is 0 Å². The van der Waals surface area contributed by atoms with E-state index in [9.17, 15) is 14.4 Å². The van der Waals surface area contributed by atoms with Crippen LogP contribution >= 0.6 is 0 Å². The molecule has 4 nitrogen and oxygen atoms in total. The zero-order valence-corrected chi connectivity index (χ0v) is 8.12. The van der Waals surface area contributed by atoms with E-state index in [0.717, 1.165) is 0 Å². The molecule has 4 heteroatoms. The van der Waals surface area contributed by atoms with Crippen molar-refractivity contribution in [3.63, 3.8) is 0 Å². The number of hydrogen-bond donors (Lipinski definition) is 0. The quantitative estimate of drug-likeness (QED) is 0.469.